The Kier molecular flexibility index (Phi) is 5.85. The molecule has 3 aromatic rings. The van der Waals surface area contributed by atoms with Crippen LogP contribution >= 0.6 is 11.3 Å². The summed E-state index contributed by atoms with van der Waals surface area (Å²) < 4.78 is 38.5. The summed E-state index contributed by atoms with van der Waals surface area (Å²) in [6, 6.07) is 7.47. The molecular formula is C18H19N5O7S2. The van der Waals surface area contributed by atoms with Crippen molar-refractivity contribution < 1.29 is 22.7 Å². The molecule has 32 heavy (non-hydrogen) atoms. The van der Waals surface area contributed by atoms with Crippen molar-refractivity contribution >= 4 is 43.6 Å². The molecule has 14 heteroatoms. The highest BCUT2D eigenvalue weighted by molar-refractivity contribution is 7.88. The zero-order chi connectivity index (χ0) is 23.0. The van der Waals surface area contributed by atoms with Crippen molar-refractivity contribution in [2.75, 3.05) is 18.6 Å². The zero-order valence-electron chi connectivity index (χ0n) is 16.7. The van der Waals surface area contributed by atoms with Crippen LogP contribution in [0.15, 0.2) is 39.9 Å². The molecule has 1 fully saturated rings. The lowest BCUT2D eigenvalue weighted by molar-refractivity contribution is -0.0347. The smallest absolute Gasteiger partial charge is 0.338 e. The third-order valence-corrected chi connectivity index (χ3v) is 6.39. The highest BCUT2D eigenvalue weighted by Gasteiger charge is 2.40. The normalized spacial score (nSPS) is 21.1. The molecule has 0 bridgehead atoms. The maximum atomic E-state index is 12.7. The minimum Gasteiger partial charge on any atom is -0.459 e. The van der Waals surface area contributed by atoms with E-state index in [0.29, 0.717) is 16.9 Å². The number of nitrogen functional groups attached to an aromatic ring is 1. The first-order chi connectivity index (χ1) is 15.1. The summed E-state index contributed by atoms with van der Waals surface area (Å²) in [6.45, 7) is -0.168. The highest BCUT2D eigenvalue weighted by Crippen LogP contribution is 2.31. The van der Waals surface area contributed by atoms with Gasteiger partial charge in [-0.1, -0.05) is 29.5 Å². The fourth-order valence-corrected chi connectivity index (χ4v) is 5.08. The van der Waals surface area contributed by atoms with Crippen molar-refractivity contribution in [1.82, 2.24) is 19.3 Å². The van der Waals surface area contributed by atoms with Crippen LogP contribution in [0.1, 0.15) is 23.0 Å². The summed E-state index contributed by atoms with van der Waals surface area (Å²) in [5.74, 6) is -0.766. The molecule has 2 aromatic heterocycles. The average molecular weight is 482 g/mol. The Morgan fingerprint density at radius 3 is 2.78 bits per heavy atom. The summed E-state index contributed by atoms with van der Waals surface area (Å²) >= 11 is 0.641. The van der Waals surface area contributed by atoms with Gasteiger partial charge in [0.25, 0.3) is 5.56 Å². The number of sulfonamides is 1. The van der Waals surface area contributed by atoms with E-state index in [1.165, 1.54) is 0 Å². The number of hydrogen-bond donors (Lipinski definition) is 3. The number of nitrogens with one attached hydrogen (secondary N) is 2. The van der Waals surface area contributed by atoms with Gasteiger partial charge in [0.15, 0.2) is 11.9 Å². The number of ether oxygens (including phenoxy) is 2. The molecule has 1 aliphatic rings. The van der Waals surface area contributed by atoms with Gasteiger partial charge in [0.05, 0.1) is 24.0 Å². The van der Waals surface area contributed by atoms with E-state index in [2.05, 4.69) is 14.7 Å². The van der Waals surface area contributed by atoms with Crippen LogP contribution in [-0.4, -0.2) is 53.9 Å². The third kappa shape index (κ3) is 4.57. The van der Waals surface area contributed by atoms with Crippen LogP contribution in [0, 0.1) is 0 Å². The van der Waals surface area contributed by atoms with Crippen LogP contribution in [0.25, 0.3) is 10.3 Å². The fourth-order valence-electron chi connectivity index (χ4n) is 3.47. The second-order valence-corrected chi connectivity index (χ2v) is 9.93. The summed E-state index contributed by atoms with van der Waals surface area (Å²) in [5.41, 5.74) is 5.36. The van der Waals surface area contributed by atoms with Gasteiger partial charge < -0.3 is 15.2 Å². The first-order valence-electron chi connectivity index (χ1n) is 9.38. The van der Waals surface area contributed by atoms with E-state index >= 15 is 0 Å². The molecule has 0 unspecified atom stereocenters. The van der Waals surface area contributed by atoms with E-state index in [-0.39, 0.29) is 29.3 Å². The Hall–Kier alpha value is -3.07. The number of carbonyl (C=O) groups excluding carboxylic acids is 1. The Morgan fingerprint density at radius 1 is 1.38 bits per heavy atom. The van der Waals surface area contributed by atoms with Crippen molar-refractivity contribution in [3.8, 4) is 0 Å². The second-order valence-electron chi connectivity index (χ2n) is 7.19. The Balaban J connectivity index is 1.63. The maximum Gasteiger partial charge on any atom is 0.338 e. The summed E-state index contributed by atoms with van der Waals surface area (Å²) in [4.78, 5) is 42.8. The molecule has 0 amide bonds. The van der Waals surface area contributed by atoms with E-state index in [1.807, 2.05) is 0 Å². The van der Waals surface area contributed by atoms with Gasteiger partial charge in [-0.25, -0.2) is 17.9 Å². The molecule has 0 aliphatic carbocycles. The maximum absolute atomic E-state index is 12.7. The van der Waals surface area contributed by atoms with E-state index in [4.69, 9.17) is 15.2 Å². The van der Waals surface area contributed by atoms with Crippen LogP contribution in [0.2, 0.25) is 0 Å². The largest absolute Gasteiger partial charge is 0.459 e. The lowest BCUT2D eigenvalue weighted by Crippen LogP contribution is -2.40. The number of aromatic amines is 1. The number of esters is 1. The molecular weight excluding hydrogens is 462 g/mol. The number of rotatable bonds is 6. The molecule has 0 spiro atoms. The molecule has 170 valence electrons. The number of aromatic nitrogens is 3. The van der Waals surface area contributed by atoms with Gasteiger partial charge in [-0.3, -0.25) is 19.1 Å². The van der Waals surface area contributed by atoms with Gasteiger partial charge >= 0.3 is 10.8 Å². The number of benzene rings is 1. The lowest BCUT2D eigenvalue weighted by Gasteiger charge is -2.20. The van der Waals surface area contributed by atoms with Gasteiger partial charge in [0, 0.05) is 0 Å². The van der Waals surface area contributed by atoms with E-state index in [9.17, 15) is 22.8 Å². The van der Waals surface area contributed by atoms with Gasteiger partial charge in [-0.2, -0.15) is 4.98 Å². The van der Waals surface area contributed by atoms with Gasteiger partial charge in [0.1, 0.15) is 11.3 Å². The predicted molar refractivity (Wildman–Crippen MR) is 116 cm³/mol. The minimum atomic E-state index is -3.67. The third-order valence-electron chi connectivity index (χ3n) is 4.71. The predicted octanol–water partition coefficient (Wildman–Crippen LogP) is -0.209. The van der Waals surface area contributed by atoms with Crippen LogP contribution in [-0.2, 0) is 19.5 Å². The molecule has 1 saturated heterocycles. The number of H-pyrrole nitrogens is 1. The molecule has 12 nitrogen and oxygen atoms in total. The zero-order valence-corrected chi connectivity index (χ0v) is 18.3. The number of nitrogens with two attached hydrogens (primary N) is 1. The number of anilines is 1. The van der Waals surface area contributed by atoms with E-state index in [0.717, 1.165) is 10.8 Å². The van der Waals surface area contributed by atoms with Gasteiger partial charge in [0.2, 0.25) is 16.0 Å². The first kappa shape index (κ1) is 22.1. The van der Waals surface area contributed by atoms with Gasteiger partial charge in [-0.15, -0.1) is 0 Å². The highest BCUT2D eigenvalue weighted by atomic mass is 32.2. The molecule has 0 saturated carbocycles. The number of thiazole rings is 1. The SMILES string of the molecule is CS(=O)(=O)N[C@@H]1C[C@@H](COC(=O)c2ccccc2)O[C@H]1n1c(=O)sc2c(=O)[nH]c(N)nc21. The molecule has 0 radical (unpaired) electrons. The van der Waals surface area contributed by atoms with E-state index < -0.39 is 44.8 Å². The monoisotopic (exact) mass is 481 g/mol. The van der Waals surface area contributed by atoms with Crippen molar-refractivity contribution in [3.63, 3.8) is 0 Å². The Labute approximate surface area is 185 Å². The summed E-state index contributed by atoms with van der Waals surface area (Å²) in [5, 5.41) is 0. The van der Waals surface area contributed by atoms with Crippen LogP contribution < -0.4 is 20.9 Å². The van der Waals surface area contributed by atoms with Crippen molar-refractivity contribution in [2.24, 2.45) is 0 Å². The number of fused-ring (bicyclic) bond motifs is 1. The topological polar surface area (TPSA) is 175 Å². The lowest BCUT2D eigenvalue weighted by atomic mass is 10.1. The molecule has 3 atom stereocenters. The number of nitrogens with zero attached hydrogens (tertiary/aromatic N) is 2. The molecule has 4 rings (SSSR count). The Morgan fingerprint density at radius 2 is 2.09 bits per heavy atom. The van der Waals surface area contributed by atoms with Crippen molar-refractivity contribution in [1.29, 1.82) is 0 Å². The minimum absolute atomic E-state index is 0.0199. The van der Waals surface area contributed by atoms with Crippen LogP contribution in [0.3, 0.4) is 0 Å². The number of hydrogen-bond acceptors (Lipinski definition) is 10. The Bertz CT molecular complexity index is 1380. The molecule has 1 aliphatic heterocycles. The van der Waals surface area contributed by atoms with Crippen molar-refractivity contribution in [2.45, 2.75) is 24.8 Å². The quantitative estimate of drug-likeness (QED) is 0.402. The number of carbonyl (C=O) groups is 1. The summed E-state index contributed by atoms with van der Waals surface area (Å²) in [6.07, 6.45) is -0.752. The van der Waals surface area contributed by atoms with E-state index in [1.54, 1.807) is 30.3 Å². The molecule has 1 aromatic carbocycles. The fraction of sp³-hybridized carbons (Fsp3) is 0.333. The molecule has 4 N–H and O–H groups in total. The second kappa shape index (κ2) is 8.46. The standard InChI is InChI=1S/C18H19N5O7S2/c1-32(27,28)22-11-7-10(8-29-16(25)9-5-3-2-4-6-9)30-15(11)23-13-12(31-18(23)26)14(24)21-17(19)20-13/h2-6,10-11,15,22H,7-8H2,1H3,(H3,19,20,21,24)/t10-,11+,15+/m0/s1. The van der Waals surface area contributed by atoms with Crippen LogP contribution in [0.5, 0.6) is 0 Å². The van der Waals surface area contributed by atoms with Crippen LogP contribution in [0.4, 0.5) is 5.95 Å². The summed E-state index contributed by atoms with van der Waals surface area (Å²) in [7, 11) is -3.67. The average Bonchev–Trinajstić information content (AvgIpc) is 3.25. The first-order valence-corrected chi connectivity index (χ1v) is 12.1. The molecule has 3 heterocycles. The van der Waals surface area contributed by atoms with Crippen molar-refractivity contribution in [3.05, 3.63) is 55.9 Å². The van der Waals surface area contributed by atoms with Gasteiger partial charge in [-0.05, 0) is 18.6 Å².